The van der Waals surface area contributed by atoms with Crippen molar-refractivity contribution in [3.63, 3.8) is 0 Å². The molecule has 0 bridgehead atoms. The van der Waals surface area contributed by atoms with Crippen molar-refractivity contribution >= 4 is 0 Å². The molecule has 3 aromatic rings. The molecule has 1 aromatic heterocycles. The van der Waals surface area contributed by atoms with Gasteiger partial charge >= 0.3 is 0 Å². The SMILES string of the molecule is COc1ccc(-c2c(C(N)Cc3ccccc3)nnn2C)cc1. The highest BCUT2D eigenvalue weighted by Crippen LogP contribution is 2.28. The molecule has 2 N–H and O–H groups in total. The number of rotatable bonds is 5. The highest BCUT2D eigenvalue weighted by atomic mass is 16.5. The van der Waals surface area contributed by atoms with Crippen LogP contribution in [0.1, 0.15) is 17.3 Å². The van der Waals surface area contributed by atoms with Crippen molar-refractivity contribution in [3.05, 3.63) is 65.9 Å². The molecule has 3 rings (SSSR count). The lowest BCUT2D eigenvalue weighted by atomic mass is 10.00. The van der Waals surface area contributed by atoms with Crippen LogP contribution in [-0.2, 0) is 13.5 Å². The summed E-state index contributed by atoms with van der Waals surface area (Å²) in [6.07, 6.45) is 0.725. The maximum atomic E-state index is 6.39. The molecular formula is C18H20N4O. The van der Waals surface area contributed by atoms with E-state index in [-0.39, 0.29) is 6.04 Å². The lowest BCUT2D eigenvalue weighted by Crippen LogP contribution is -2.15. The quantitative estimate of drug-likeness (QED) is 0.787. The van der Waals surface area contributed by atoms with Crippen molar-refractivity contribution < 1.29 is 4.74 Å². The van der Waals surface area contributed by atoms with Gasteiger partial charge in [0.15, 0.2) is 0 Å². The normalized spacial score (nSPS) is 12.1. The number of aromatic nitrogens is 3. The zero-order chi connectivity index (χ0) is 16.2. The molecule has 1 atom stereocenters. The summed E-state index contributed by atoms with van der Waals surface area (Å²) in [7, 11) is 3.53. The van der Waals surface area contributed by atoms with E-state index in [1.165, 1.54) is 5.56 Å². The van der Waals surface area contributed by atoms with Crippen LogP contribution in [0, 0.1) is 0 Å². The van der Waals surface area contributed by atoms with Crippen LogP contribution in [0.25, 0.3) is 11.3 Å². The van der Waals surface area contributed by atoms with Gasteiger partial charge in [0, 0.05) is 12.6 Å². The minimum Gasteiger partial charge on any atom is -0.497 e. The van der Waals surface area contributed by atoms with Gasteiger partial charge in [0.1, 0.15) is 11.4 Å². The van der Waals surface area contributed by atoms with Crippen LogP contribution in [0.4, 0.5) is 0 Å². The van der Waals surface area contributed by atoms with E-state index in [0.29, 0.717) is 0 Å². The molecular weight excluding hydrogens is 288 g/mol. The van der Waals surface area contributed by atoms with Gasteiger partial charge in [-0.1, -0.05) is 35.5 Å². The third kappa shape index (κ3) is 3.24. The number of nitrogens with zero attached hydrogens (tertiary/aromatic N) is 3. The van der Waals surface area contributed by atoms with Crippen molar-refractivity contribution in [3.8, 4) is 17.0 Å². The fraction of sp³-hybridized carbons (Fsp3) is 0.222. The Kier molecular flexibility index (Phi) is 4.39. The van der Waals surface area contributed by atoms with E-state index < -0.39 is 0 Å². The predicted octanol–water partition coefficient (Wildman–Crippen LogP) is 2.73. The van der Waals surface area contributed by atoms with Crippen LogP contribution in [0.3, 0.4) is 0 Å². The lowest BCUT2D eigenvalue weighted by molar-refractivity contribution is 0.415. The molecule has 0 amide bonds. The molecule has 5 heteroatoms. The van der Waals surface area contributed by atoms with Crippen LogP contribution in [0.15, 0.2) is 54.6 Å². The fourth-order valence-corrected chi connectivity index (χ4v) is 2.67. The highest BCUT2D eigenvalue weighted by molar-refractivity contribution is 5.63. The smallest absolute Gasteiger partial charge is 0.118 e. The van der Waals surface area contributed by atoms with Crippen LogP contribution in [0.5, 0.6) is 5.75 Å². The lowest BCUT2D eigenvalue weighted by Gasteiger charge is -2.12. The van der Waals surface area contributed by atoms with E-state index in [0.717, 1.165) is 29.1 Å². The molecule has 0 radical (unpaired) electrons. The predicted molar refractivity (Wildman–Crippen MR) is 90.1 cm³/mol. The first kappa shape index (κ1) is 15.2. The molecule has 118 valence electrons. The first-order valence-electron chi connectivity index (χ1n) is 7.52. The van der Waals surface area contributed by atoms with E-state index in [1.807, 2.05) is 49.5 Å². The van der Waals surface area contributed by atoms with Gasteiger partial charge in [-0.15, -0.1) is 5.10 Å². The Bertz CT molecular complexity index is 765. The molecule has 0 fully saturated rings. The maximum Gasteiger partial charge on any atom is 0.118 e. The standard InChI is InChI=1S/C18H20N4O/c1-22-18(14-8-10-15(23-2)11-9-14)17(20-21-22)16(19)12-13-6-4-3-5-7-13/h3-11,16H,12,19H2,1-2H3. The van der Waals surface area contributed by atoms with Crippen LogP contribution in [-0.4, -0.2) is 22.1 Å². The summed E-state index contributed by atoms with van der Waals surface area (Å²) in [5.41, 5.74) is 10.4. The maximum absolute atomic E-state index is 6.39. The molecule has 1 heterocycles. The summed E-state index contributed by atoms with van der Waals surface area (Å²) in [6, 6.07) is 17.8. The Morgan fingerprint density at radius 1 is 1.09 bits per heavy atom. The van der Waals surface area contributed by atoms with Gasteiger partial charge in [0.05, 0.1) is 18.8 Å². The first-order valence-corrected chi connectivity index (χ1v) is 7.52. The zero-order valence-electron chi connectivity index (χ0n) is 13.3. The number of hydrogen-bond acceptors (Lipinski definition) is 4. The van der Waals surface area contributed by atoms with Gasteiger partial charge in [-0.3, -0.25) is 0 Å². The number of ether oxygens (including phenoxy) is 1. The first-order chi connectivity index (χ1) is 11.2. The fourth-order valence-electron chi connectivity index (χ4n) is 2.67. The summed E-state index contributed by atoms with van der Waals surface area (Å²) >= 11 is 0. The van der Waals surface area contributed by atoms with Crippen LogP contribution < -0.4 is 10.5 Å². The minimum atomic E-state index is -0.205. The zero-order valence-corrected chi connectivity index (χ0v) is 13.3. The van der Waals surface area contributed by atoms with Gasteiger partial charge in [-0.2, -0.15) is 0 Å². The van der Waals surface area contributed by atoms with E-state index in [1.54, 1.807) is 11.8 Å². The second-order valence-corrected chi connectivity index (χ2v) is 5.47. The summed E-state index contributed by atoms with van der Waals surface area (Å²) < 4.78 is 6.98. The molecule has 0 spiro atoms. The number of benzene rings is 2. The van der Waals surface area contributed by atoms with E-state index in [9.17, 15) is 0 Å². The molecule has 2 aromatic carbocycles. The Hall–Kier alpha value is -2.66. The Morgan fingerprint density at radius 2 is 1.78 bits per heavy atom. The Balaban J connectivity index is 1.91. The second-order valence-electron chi connectivity index (χ2n) is 5.47. The average molecular weight is 308 g/mol. The van der Waals surface area contributed by atoms with Gasteiger partial charge in [0.25, 0.3) is 0 Å². The van der Waals surface area contributed by atoms with Crippen LogP contribution >= 0.6 is 0 Å². The van der Waals surface area contributed by atoms with Crippen molar-refractivity contribution in [2.24, 2.45) is 12.8 Å². The van der Waals surface area contributed by atoms with Crippen molar-refractivity contribution in [1.29, 1.82) is 0 Å². The number of nitrogens with two attached hydrogens (primary N) is 1. The molecule has 5 nitrogen and oxygen atoms in total. The molecule has 0 aliphatic carbocycles. The molecule has 0 saturated heterocycles. The topological polar surface area (TPSA) is 66.0 Å². The largest absolute Gasteiger partial charge is 0.497 e. The molecule has 1 unspecified atom stereocenters. The summed E-state index contributed by atoms with van der Waals surface area (Å²) in [5, 5.41) is 8.44. The van der Waals surface area contributed by atoms with Gasteiger partial charge < -0.3 is 10.5 Å². The third-order valence-corrected chi connectivity index (χ3v) is 3.87. The van der Waals surface area contributed by atoms with E-state index in [4.69, 9.17) is 10.5 Å². The van der Waals surface area contributed by atoms with Gasteiger partial charge in [-0.25, -0.2) is 4.68 Å². The second kappa shape index (κ2) is 6.62. The number of aryl methyl sites for hydroxylation is 1. The third-order valence-electron chi connectivity index (χ3n) is 3.87. The highest BCUT2D eigenvalue weighted by Gasteiger charge is 2.19. The Morgan fingerprint density at radius 3 is 2.43 bits per heavy atom. The monoisotopic (exact) mass is 308 g/mol. The average Bonchev–Trinajstić information content (AvgIpc) is 2.97. The van der Waals surface area contributed by atoms with Gasteiger partial charge in [-0.05, 0) is 36.2 Å². The number of hydrogen-bond donors (Lipinski definition) is 1. The van der Waals surface area contributed by atoms with Crippen LogP contribution in [0.2, 0.25) is 0 Å². The summed E-state index contributed by atoms with van der Waals surface area (Å²) in [4.78, 5) is 0. The molecule has 0 saturated carbocycles. The van der Waals surface area contributed by atoms with Crippen molar-refractivity contribution in [2.45, 2.75) is 12.5 Å². The van der Waals surface area contributed by atoms with E-state index >= 15 is 0 Å². The minimum absolute atomic E-state index is 0.205. The van der Waals surface area contributed by atoms with Gasteiger partial charge in [0.2, 0.25) is 0 Å². The Labute approximate surface area is 135 Å². The molecule has 0 aliphatic heterocycles. The molecule has 23 heavy (non-hydrogen) atoms. The molecule has 0 aliphatic rings. The summed E-state index contributed by atoms with van der Waals surface area (Å²) in [5.74, 6) is 0.819. The van der Waals surface area contributed by atoms with Crippen molar-refractivity contribution in [2.75, 3.05) is 7.11 Å². The van der Waals surface area contributed by atoms with E-state index in [2.05, 4.69) is 22.4 Å². The van der Waals surface area contributed by atoms with Crippen molar-refractivity contribution in [1.82, 2.24) is 15.0 Å². The number of methoxy groups -OCH3 is 1. The summed E-state index contributed by atoms with van der Waals surface area (Å²) in [6.45, 7) is 0.